The number of aromatic nitrogens is 1. The van der Waals surface area contributed by atoms with Crippen molar-refractivity contribution >= 4 is 17.6 Å². The van der Waals surface area contributed by atoms with Crippen LogP contribution < -0.4 is 10.1 Å². The number of esters is 1. The van der Waals surface area contributed by atoms with E-state index in [1.165, 1.54) is 0 Å². The molecule has 0 atom stereocenters. The highest BCUT2D eigenvalue weighted by Crippen LogP contribution is 2.25. The van der Waals surface area contributed by atoms with Gasteiger partial charge in [0.05, 0.1) is 19.3 Å². The van der Waals surface area contributed by atoms with E-state index < -0.39 is 5.97 Å². The van der Waals surface area contributed by atoms with Gasteiger partial charge in [0.2, 0.25) is 0 Å². The average molecular weight is 356 g/mol. The number of amides is 1. The number of carbonyl (C=O) groups excluding carboxylic acids is 2. The van der Waals surface area contributed by atoms with E-state index in [1.807, 2.05) is 6.92 Å². The van der Waals surface area contributed by atoms with Crippen LogP contribution in [0.15, 0.2) is 36.9 Å². The Balaban J connectivity index is 2.40. The Bertz CT molecular complexity index is 819. The molecule has 0 bridgehead atoms. The summed E-state index contributed by atoms with van der Waals surface area (Å²) < 4.78 is 12.0. The van der Waals surface area contributed by atoms with E-state index in [0.29, 0.717) is 40.5 Å². The van der Waals surface area contributed by atoms with Gasteiger partial charge in [0.15, 0.2) is 0 Å². The van der Waals surface area contributed by atoms with Crippen molar-refractivity contribution in [1.29, 1.82) is 0 Å². The Morgan fingerprint density at radius 2 is 1.88 bits per heavy atom. The molecule has 138 valence electrons. The number of benzene rings is 1. The van der Waals surface area contributed by atoms with Crippen LogP contribution in [-0.4, -0.2) is 30.2 Å². The standard InChI is InChI=1S/C20H24N2O4/c1-6-12-22-14(4)17(13(3)18(22)20(24)26-7-2)19(23)21-15-8-10-16(25-5)11-9-15/h6,8-11H,1,7,12H2,2-5H3,(H,21,23). The Hall–Kier alpha value is -3.02. The van der Waals surface area contributed by atoms with Crippen LogP contribution in [0, 0.1) is 13.8 Å². The molecule has 0 saturated heterocycles. The average Bonchev–Trinajstić information content (AvgIpc) is 2.86. The van der Waals surface area contributed by atoms with Gasteiger partial charge in [-0.25, -0.2) is 4.79 Å². The molecule has 1 heterocycles. The van der Waals surface area contributed by atoms with Gasteiger partial charge in [0.1, 0.15) is 11.4 Å². The fourth-order valence-corrected chi connectivity index (χ4v) is 2.92. The topological polar surface area (TPSA) is 69.6 Å². The van der Waals surface area contributed by atoms with Gasteiger partial charge >= 0.3 is 5.97 Å². The maximum Gasteiger partial charge on any atom is 0.355 e. The summed E-state index contributed by atoms with van der Waals surface area (Å²) >= 11 is 0. The van der Waals surface area contributed by atoms with Crippen molar-refractivity contribution in [3.05, 3.63) is 59.4 Å². The van der Waals surface area contributed by atoms with E-state index in [2.05, 4.69) is 11.9 Å². The summed E-state index contributed by atoms with van der Waals surface area (Å²) in [5.74, 6) is -0.0194. The first-order valence-electron chi connectivity index (χ1n) is 8.37. The van der Waals surface area contributed by atoms with E-state index in [9.17, 15) is 9.59 Å². The van der Waals surface area contributed by atoms with Crippen molar-refractivity contribution in [2.75, 3.05) is 19.0 Å². The van der Waals surface area contributed by atoms with Gasteiger partial charge < -0.3 is 19.4 Å². The third kappa shape index (κ3) is 3.79. The fourth-order valence-electron chi connectivity index (χ4n) is 2.92. The van der Waals surface area contributed by atoms with Crippen LogP contribution >= 0.6 is 0 Å². The molecule has 2 aromatic rings. The van der Waals surface area contributed by atoms with Crippen molar-refractivity contribution in [2.24, 2.45) is 0 Å². The first kappa shape index (κ1) is 19.3. The number of nitrogens with zero attached hydrogens (tertiary/aromatic N) is 1. The summed E-state index contributed by atoms with van der Waals surface area (Å²) in [5.41, 5.74) is 2.77. The summed E-state index contributed by atoms with van der Waals surface area (Å²) in [4.78, 5) is 25.2. The first-order chi connectivity index (χ1) is 12.4. The fraction of sp³-hybridized carbons (Fsp3) is 0.300. The second kappa shape index (κ2) is 8.38. The number of carbonyl (C=O) groups is 2. The van der Waals surface area contributed by atoms with Gasteiger partial charge in [-0.05, 0) is 50.6 Å². The molecule has 6 nitrogen and oxygen atoms in total. The van der Waals surface area contributed by atoms with E-state index in [0.717, 1.165) is 0 Å². The summed E-state index contributed by atoms with van der Waals surface area (Å²) in [7, 11) is 1.58. The number of hydrogen-bond donors (Lipinski definition) is 1. The van der Waals surface area contributed by atoms with Crippen LogP contribution in [0.4, 0.5) is 5.69 Å². The number of rotatable bonds is 7. The lowest BCUT2D eigenvalue weighted by molar-refractivity contribution is 0.0513. The Morgan fingerprint density at radius 3 is 2.42 bits per heavy atom. The molecule has 2 rings (SSSR count). The minimum atomic E-state index is -0.446. The molecule has 0 fully saturated rings. The number of anilines is 1. The Labute approximate surface area is 153 Å². The van der Waals surface area contributed by atoms with Crippen LogP contribution in [0.2, 0.25) is 0 Å². The van der Waals surface area contributed by atoms with Gasteiger partial charge in [-0.3, -0.25) is 4.79 Å². The number of methoxy groups -OCH3 is 1. The van der Waals surface area contributed by atoms with Crippen LogP contribution in [0.3, 0.4) is 0 Å². The summed E-state index contributed by atoms with van der Waals surface area (Å²) in [6.07, 6.45) is 1.68. The molecule has 0 aliphatic carbocycles. The molecule has 1 aromatic heterocycles. The molecule has 0 aliphatic rings. The van der Waals surface area contributed by atoms with E-state index >= 15 is 0 Å². The number of hydrogen-bond acceptors (Lipinski definition) is 4. The molecule has 1 amide bonds. The van der Waals surface area contributed by atoms with Gasteiger partial charge in [-0.1, -0.05) is 6.08 Å². The molecule has 0 aliphatic heterocycles. The van der Waals surface area contributed by atoms with E-state index in [1.54, 1.807) is 55.9 Å². The molecular formula is C20H24N2O4. The lowest BCUT2D eigenvalue weighted by Crippen LogP contribution is -2.14. The van der Waals surface area contributed by atoms with Crippen LogP contribution in [0.5, 0.6) is 5.75 Å². The lowest BCUT2D eigenvalue weighted by atomic mass is 10.1. The van der Waals surface area contributed by atoms with Crippen LogP contribution in [0.25, 0.3) is 0 Å². The second-order valence-electron chi connectivity index (χ2n) is 5.74. The molecule has 0 saturated carbocycles. The molecular weight excluding hydrogens is 332 g/mol. The Kier molecular flexibility index (Phi) is 6.22. The van der Waals surface area contributed by atoms with Gasteiger partial charge in [0.25, 0.3) is 5.91 Å². The SMILES string of the molecule is C=CCn1c(C)c(C(=O)Nc2ccc(OC)cc2)c(C)c1C(=O)OCC. The third-order valence-electron chi connectivity index (χ3n) is 4.12. The van der Waals surface area contributed by atoms with Crippen LogP contribution in [-0.2, 0) is 11.3 Å². The number of ether oxygens (including phenoxy) is 2. The number of allylic oxidation sites excluding steroid dienone is 1. The summed E-state index contributed by atoms with van der Waals surface area (Å²) in [6.45, 7) is 9.71. The molecule has 1 N–H and O–H groups in total. The maximum atomic E-state index is 12.8. The highest BCUT2D eigenvalue weighted by Gasteiger charge is 2.26. The molecule has 1 aromatic carbocycles. The highest BCUT2D eigenvalue weighted by atomic mass is 16.5. The molecule has 26 heavy (non-hydrogen) atoms. The number of nitrogens with one attached hydrogen (secondary N) is 1. The zero-order valence-electron chi connectivity index (χ0n) is 15.6. The van der Waals surface area contributed by atoms with Crippen LogP contribution in [0.1, 0.15) is 39.0 Å². The normalized spacial score (nSPS) is 10.3. The van der Waals surface area contributed by atoms with Crippen molar-refractivity contribution in [1.82, 2.24) is 4.57 Å². The minimum Gasteiger partial charge on any atom is -0.497 e. The third-order valence-corrected chi connectivity index (χ3v) is 4.12. The van der Waals surface area contributed by atoms with Gasteiger partial charge in [-0.15, -0.1) is 6.58 Å². The molecule has 0 radical (unpaired) electrons. The molecule has 0 unspecified atom stereocenters. The van der Waals surface area contributed by atoms with Crippen molar-refractivity contribution in [2.45, 2.75) is 27.3 Å². The monoisotopic (exact) mass is 356 g/mol. The predicted molar refractivity (Wildman–Crippen MR) is 101 cm³/mol. The highest BCUT2D eigenvalue weighted by molar-refractivity contribution is 6.08. The lowest BCUT2D eigenvalue weighted by Gasteiger charge is -2.09. The van der Waals surface area contributed by atoms with Gasteiger partial charge in [-0.2, -0.15) is 0 Å². The smallest absolute Gasteiger partial charge is 0.355 e. The van der Waals surface area contributed by atoms with Crippen molar-refractivity contribution < 1.29 is 19.1 Å². The Morgan fingerprint density at radius 1 is 1.23 bits per heavy atom. The van der Waals surface area contributed by atoms with Crippen molar-refractivity contribution in [3.8, 4) is 5.75 Å². The maximum absolute atomic E-state index is 12.8. The quantitative estimate of drug-likeness (QED) is 0.606. The minimum absolute atomic E-state index is 0.268. The largest absolute Gasteiger partial charge is 0.497 e. The predicted octanol–water partition coefficient (Wildman–Crippen LogP) is 3.73. The first-order valence-corrected chi connectivity index (χ1v) is 8.37. The van der Waals surface area contributed by atoms with Gasteiger partial charge in [0, 0.05) is 17.9 Å². The van der Waals surface area contributed by atoms with E-state index in [4.69, 9.17) is 9.47 Å². The molecule has 6 heteroatoms. The zero-order valence-corrected chi connectivity index (χ0v) is 15.6. The second-order valence-corrected chi connectivity index (χ2v) is 5.74. The van der Waals surface area contributed by atoms with E-state index in [-0.39, 0.29) is 12.5 Å². The summed E-state index contributed by atoms with van der Waals surface area (Å²) in [6, 6.07) is 7.05. The molecule has 0 spiro atoms. The van der Waals surface area contributed by atoms with Crippen molar-refractivity contribution in [3.63, 3.8) is 0 Å². The summed E-state index contributed by atoms with van der Waals surface area (Å²) in [5, 5.41) is 2.86. The zero-order chi connectivity index (χ0) is 19.3.